The second-order valence-corrected chi connectivity index (χ2v) is 7.13. The van der Waals surface area contributed by atoms with Gasteiger partial charge in [0.2, 0.25) is 0 Å². The maximum absolute atomic E-state index is 6.47. The van der Waals surface area contributed by atoms with Crippen molar-refractivity contribution in [3.8, 4) is 5.75 Å². The number of rotatable bonds is 3. The third kappa shape index (κ3) is 3.35. The van der Waals surface area contributed by atoms with E-state index >= 15 is 0 Å². The van der Waals surface area contributed by atoms with Gasteiger partial charge in [0.1, 0.15) is 17.0 Å². The number of aryl methyl sites for hydroxylation is 2. The Morgan fingerprint density at radius 2 is 1.85 bits per heavy atom. The molecule has 2 aromatic carbocycles. The van der Waals surface area contributed by atoms with E-state index < -0.39 is 0 Å². The van der Waals surface area contributed by atoms with Gasteiger partial charge in [-0.05, 0) is 18.6 Å². The maximum Gasteiger partial charge on any atom is 0.136 e. The lowest BCUT2D eigenvalue weighted by Gasteiger charge is -2.24. The Kier molecular flexibility index (Phi) is 4.70. The van der Waals surface area contributed by atoms with Crippen molar-refractivity contribution < 1.29 is 4.74 Å². The molecule has 0 radical (unpaired) electrons. The summed E-state index contributed by atoms with van der Waals surface area (Å²) < 4.78 is 8.12. The Labute approximate surface area is 159 Å². The number of aromatic nitrogens is 2. The average Bonchev–Trinajstić information content (AvgIpc) is 2.82. The molecular formula is C21H22ClN3O. The van der Waals surface area contributed by atoms with Gasteiger partial charge in [-0.15, -0.1) is 0 Å². The van der Waals surface area contributed by atoms with E-state index in [0.29, 0.717) is 5.15 Å². The molecule has 4 nitrogen and oxygen atoms in total. The molecule has 0 saturated carbocycles. The van der Waals surface area contributed by atoms with Crippen LogP contribution < -0.4 is 4.74 Å². The number of nitrogens with zero attached hydrogens (tertiary/aromatic N) is 3. The lowest BCUT2D eigenvalue weighted by atomic mass is 10.1. The number of hydrogen-bond donors (Lipinski definition) is 0. The van der Waals surface area contributed by atoms with E-state index in [9.17, 15) is 0 Å². The van der Waals surface area contributed by atoms with Gasteiger partial charge in [0.25, 0.3) is 0 Å². The quantitative estimate of drug-likeness (QED) is 0.682. The summed E-state index contributed by atoms with van der Waals surface area (Å²) in [7, 11) is 1.88. The molecular weight excluding hydrogens is 346 g/mol. The fourth-order valence-electron chi connectivity index (χ4n) is 3.52. The Hall–Kier alpha value is -2.30. The smallest absolute Gasteiger partial charge is 0.136 e. The molecule has 0 bridgehead atoms. The first-order valence-corrected chi connectivity index (χ1v) is 9.19. The lowest BCUT2D eigenvalue weighted by Crippen LogP contribution is -2.28. The Morgan fingerprint density at radius 1 is 1.12 bits per heavy atom. The van der Waals surface area contributed by atoms with Crippen LogP contribution in [0.1, 0.15) is 28.5 Å². The Morgan fingerprint density at radius 3 is 2.58 bits per heavy atom. The average molecular weight is 368 g/mol. The molecule has 0 N–H and O–H groups in total. The molecule has 0 aliphatic carbocycles. The summed E-state index contributed by atoms with van der Waals surface area (Å²) in [4.78, 5) is 2.39. The monoisotopic (exact) mass is 367 g/mol. The number of benzene rings is 2. The van der Waals surface area contributed by atoms with E-state index in [1.807, 2.05) is 26.1 Å². The van der Waals surface area contributed by atoms with Crippen molar-refractivity contribution in [2.75, 3.05) is 6.54 Å². The molecule has 5 heteroatoms. The van der Waals surface area contributed by atoms with Gasteiger partial charge in [-0.2, -0.15) is 5.10 Å². The molecule has 1 atom stereocenters. The Balaban J connectivity index is 1.68. The second-order valence-electron chi connectivity index (χ2n) is 6.77. The van der Waals surface area contributed by atoms with Gasteiger partial charge < -0.3 is 4.74 Å². The summed E-state index contributed by atoms with van der Waals surface area (Å²) in [5, 5.41) is 5.15. The highest BCUT2D eigenvalue weighted by Gasteiger charge is 2.25. The summed E-state index contributed by atoms with van der Waals surface area (Å²) in [6.07, 6.45) is -0.0180. The SMILES string of the molecule is Cc1nn(C)c(Cl)c1CN1Cc2ccccc2OC(c2ccccc2)C1. The molecule has 0 fully saturated rings. The number of fused-ring (bicyclic) bond motifs is 1. The minimum Gasteiger partial charge on any atom is -0.484 e. The van der Waals surface area contributed by atoms with Crippen molar-refractivity contribution in [1.82, 2.24) is 14.7 Å². The minimum atomic E-state index is -0.0180. The van der Waals surface area contributed by atoms with Crippen LogP contribution >= 0.6 is 11.6 Å². The molecule has 1 unspecified atom stereocenters. The van der Waals surface area contributed by atoms with E-state index in [-0.39, 0.29) is 6.10 Å². The van der Waals surface area contributed by atoms with E-state index in [0.717, 1.165) is 36.6 Å². The molecule has 1 aliphatic rings. The summed E-state index contributed by atoms with van der Waals surface area (Å²) in [6, 6.07) is 18.7. The van der Waals surface area contributed by atoms with E-state index in [1.54, 1.807) is 4.68 Å². The molecule has 1 aromatic heterocycles. The van der Waals surface area contributed by atoms with Crippen LogP contribution in [-0.2, 0) is 20.1 Å². The van der Waals surface area contributed by atoms with Gasteiger partial charge in [0, 0.05) is 37.8 Å². The zero-order valence-electron chi connectivity index (χ0n) is 15.0. The minimum absolute atomic E-state index is 0.0180. The predicted molar refractivity (Wildman–Crippen MR) is 103 cm³/mol. The Bertz CT molecular complexity index is 907. The van der Waals surface area contributed by atoms with Crippen molar-refractivity contribution in [1.29, 1.82) is 0 Å². The van der Waals surface area contributed by atoms with E-state index in [1.165, 1.54) is 11.1 Å². The van der Waals surface area contributed by atoms with Crippen LogP contribution in [0, 0.1) is 6.92 Å². The molecule has 3 aromatic rings. The van der Waals surface area contributed by atoms with Crippen LogP contribution in [0.15, 0.2) is 54.6 Å². The van der Waals surface area contributed by atoms with E-state index in [2.05, 4.69) is 52.5 Å². The van der Waals surface area contributed by atoms with Gasteiger partial charge in [-0.1, -0.05) is 60.1 Å². The zero-order chi connectivity index (χ0) is 18.1. The molecule has 4 rings (SSSR count). The molecule has 0 saturated heterocycles. The molecule has 1 aliphatic heterocycles. The number of ether oxygens (including phenoxy) is 1. The largest absolute Gasteiger partial charge is 0.484 e. The fraction of sp³-hybridized carbons (Fsp3) is 0.286. The highest BCUT2D eigenvalue weighted by atomic mass is 35.5. The third-order valence-electron chi connectivity index (χ3n) is 4.88. The summed E-state index contributed by atoms with van der Waals surface area (Å²) in [5.74, 6) is 0.956. The summed E-state index contributed by atoms with van der Waals surface area (Å²) >= 11 is 6.47. The summed E-state index contributed by atoms with van der Waals surface area (Å²) in [5.41, 5.74) is 4.44. The highest BCUT2D eigenvalue weighted by molar-refractivity contribution is 6.30. The van der Waals surface area contributed by atoms with E-state index in [4.69, 9.17) is 16.3 Å². The van der Waals surface area contributed by atoms with Crippen LogP contribution in [0.3, 0.4) is 0 Å². The lowest BCUT2D eigenvalue weighted by molar-refractivity contribution is 0.144. The van der Waals surface area contributed by atoms with Gasteiger partial charge >= 0.3 is 0 Å². The van der Waals surface area contributed by atoms with Crippen molar-refractivity contribution in [3.05, 3.63) is 82.1 Å². The first-order chi connectivity index (χ1) is 12.6. The molecule has 0 amide bonds. The first-order valence-electron chi connectivity index (χ1n) is 8.81. The molecule has 26 heavy (non-hydrogen) atoms. The van der Waals surface area contributed by atoms with Crippen LogP contribution in [0.5, 0.6) is 5.75 Å². The summed E-state index contributed by atoms with van der Waals surface area (Å²) in [6.45, 7) is 4.38. The number of halogens is 1. The molecule has 0 spiro atoms. The van der Waals surface area contributed by atoms with Gasteiger partial charge in [0.05, 0.1) is 5.69 Å². The maximum atomic E-state index is 6.47. The van der Waals surface area contributed by atoms with Crippen molar-refractivity contribution >= 4 is 11.6 Å². The number of para-hydroxylation sites is 1. The topological polar surface area (TPSA) is 30.3 Å². The van der Waals surface area contributed by atoms with Crippen LogP contribution in [0.4, 0.5) is 0 Å². The fourth-order valence-corrected chi connectivity index (χ4v) is 3.75. The molecule has 2 heterocycles. The van der Waals surface area contributed by atoms with Gasteiger partial charge in [-0.3, -0.25) is 9.58 Å². The second kappa shape index (κ2) is 7.14. The van der Waals surface area contributed by atoms with Crippen molar-refractivity contribution in [2.24, 2.45) is 7.05 Å². The predicted octanol–water partition coefficient (Wildman–Crippen LogP) is 4.52. The molecule has 134 valence electrons. The van der Waals surface area contributed by atoms with Crippen molar-refractivity contribution in [3.63, 3.8) is 0 Å². The standard InChI is InChI=1S/C21H22ClN3O/c1-15-18(21(22)24(2)23-15)13-25-12-17-10-6-7-11-19(17)26-20(14-25)16-8-4-3-5-9-16/h3-11,20H,12-14H2,1-2H3. The highest BCUT2D eigenvalue weighted by Crippen LogP contribution is 2.32. The van der Waals surface area contributed by atoms with Crippen LogP contribution in [-0.4, -0.2) is 21.2 Å². The van der Waals surface area contributed by atoms with Gasteiger partial charge in [0.15, 0.2) is 0 Å². The first kappa shape index (κ1) is 17.1. The van der Waals surface area contributed by atoms with Crippen molar-refractivity contribution in [2.45, 2.75) is 26.1 Å². The zero-order valence-corrected chi connectivity index (χ0v) is 15.8. The van der Waals surface area contributed by atoms with Gasteiger partial charge in [-0.25, -0.2) is 0 Å². The number of hydrogen-bond acceptors (Lipinski definition) is 3. The normalized spacial score (nSPS) is 17.4. The van der Waals surface area contributed by atoms with Crippen LogP contribution in [0.2, 0.25) is 5.15 Å². The third-order valence-corrected chi connectivity index (χ3v) is 5.36. The van der Waals surface area contributed by atoms with Crippen LogP contribution in [0.25, 0.3) is 0 Å².